The summed E-state index contributed by atoms with van der Waals surface area (Å²) in [5, 5.41) is 7.20. The van der Waals surface area contributed by atoms with Crippen LogP contribution in [0, 0.1) is 0 Å². The molecule has 1 fully saturated rings. The second-order valence-electron chi connectivity index (χ2n) is 6.71. The molecule has 2 aromatic carbocycles. The molecule has 2 N–H and O–H groups in total. The molecule has 0 radical (unpaired) electrons. The monoisotopic (exact) mass is 454 g/mol. The van der Waals surface area contributed by atoms with Gasteiger partial charge in [0.05, 0.1) is 16.4 Å². The summed E-state index contributed by atoms with van der Waals surface area (Å²) >= 11 is 12.2. The molecular formula is C20H15Cl2F3N4O. The van der Waals surface area contributed by atoms with Gasteiger partial charge in [-0.3, -0.25) is 0 Å². The molecule has 5 nitrogen and oxygen atoms in total. The number of halogens is 5. The Balaban J connectivity index is 1.68. The van der Waals surface area contributed by atoms with Crippen molar-refractivity contribution in [3.63, 3.8) is 0 Å². The molecule has 4 rings (SSSR count). The Bertz CT molecular complexity index is 1070. The summed E-state index contributed by atoms with van der Waals surface area (Å²) in [6.45, 7) is 0. The molecule has 0 amide bonds. The van der Waals surface area contributed by atoms with E-state index >= 15 is 0 Å². The zero-order valence-corrected chi connectivity index (χ0v) is 16.8. The quantitative estimate of drug-likeness (QED) is 0.435. The van der Waals surface area contributed by atoms with Gasteiger partial charge in [-0.1, -0.05) is 35.3 Å². The standard InChI is InChI=1S/C20H15Cl2F3N4O/c21-12-4-7-16(15(22)9-12)27-18-10-17(28-19(29-18)26-13-5-6-13)11-2-1-3-14(8-11)30-20(23,24)25/h1-4,7-10,13H,5-6H2,(H2,26,27,28,29). The predicted molar refractivity (Wildman–Crippen MR) is 111 cm³/mol. The Morgan fingerprint density at radius 2 is 1.80 bits per heavy atom. The van der Waals surface area contributed by atoms with E-state index in [9.17, 15) is 13.2 Å². The maximum absolute atomic E-state index is 12.6. The van der Waals surface area contributed by atoms with Crippen LogP contribution in [0.2, 0.25) is 10.0 Å². The average Bonchev–Trinajstić information content (AvgIpc) is 3.47. The molecule has 30 heavy (non-hydrogen) atoms. The van der Waals surface area contributed by atoms with Crippen LogP contribution in [0.3, 0.4) is 0 Å². The third kappa shape index (κ3) is 5.46. The van der Waals surface area contributed by atoms with Crippen LogP contribution < -0.4 is 15.4 Å². The van der Waals surface area contributed by atoms with Gasteiger partial charge in [-0.15, -0.1) is 13.2 Å². The van der Waals surface area contributed by atoms with Gasteiger partial charge in [0.25, 0.3) is 0 Å². The molecule has 1 aliphatic rings. The van der Waals surface area contributed by atoms with Gasteiger partial charge >= 0.3 is 6.36 Å². The summed E-state index contributed by atoms with van der Waals surface area (Å²) < 4.78 is 41.7. The molecule has 0 aliphatic heterocycles. The van der Waals surface area contributed by atoms with Crippen molar-refractivity contribution in [1.82, 2.24) is 9.97 Å². The third-order valence-corrected chi connectivity index (χ3v) is 4.74. The fraction of sp³-hybridized carbons (Fsp3) is 0.200. The number of anilines is 3. The van der Waals surface area contributed by atoms with Gasteiger partial charge in [0.2, 0.25) is 5.95 Å². The molecule has 0 saturated heterocycles. The van der Waals surface area contributed by atoms with Crippen LogP contribution in [-0.2, 0) is 0 Å². The molecule has 3 aromatic rings. The lowest BCUT2D eigenvalue weighted by molar-refractivity contribution is -0.274. The van der Waals surface area contributed by atoms with E-state index in [0.29, 0.717) is 38.8 Å². The second-order valence-corrected chi connectivity index (χ2v) is 7.55. The van der Waals surface area contributed by atoms with E-state index in [1.807, 2.05) is 0 Å². The number of rotatable bonds is 6. The van der Waals surface area contributed by atoms with E-state index in [0.717, 1.165) is 12.8 Å². The fourth-order valence-electron chi connectivity index (χ4n) is 2.72. The lowest BCUT2D eigenvalue weighted by atomic mass is 10.1. The van der Waals surface area contributed by atoms with E-state index in [1.54, 1.807) is 30.3 Å². The van der Waals surface area contributed by atoms with Crippen molar-refractivity contribution in [3.05, 3.63) is 58.6 Å². The van der Waals surface area contributed by atoms with Crippen molar-refractivity contribution >= 4 is 40.7 Å². The number of aromatic nitrogens is 2. The summed E-state index contributed by atoms with van der Waals surface area (Å²) in [4.78, 5) is 8.89. The minimum Gasteiger partial charge on any atom is -0.406 e. The molecule has 0 spiro atoms. The Labute approximate surface area is 180 Å². The van der Waals surface area contributed by atoms with Crippen molar-refractivity contribution in [2.75, 3.05) is 10.6 Å². The van der Waals surface area contributed by atoms with Crippen molar-refractivity contribution in [2.45, 2.75) is 25.2 Å². The molecule has 1 aromatic heterocycles. The first-order chi connectivity index (χ1) is 14.2. The lowest BCUT2D eigenvalue weighted by Crippen LogP contribution is -2.17. The zero-order valence-electron chi connectivity index (χ0n) is 15.3. The van der Waals surface area contributed by atoms with E-state index in [1.165, 1.54) is 18.2 Å². The Hall–Kier alpha value is -2.71. The topological polar surface area (TPSA) is 59.1 Å². The van der Waals surface area contributed by atoms with Crippen LogP contribution in [0.1, 0.15) is 12.8 Å². The highest BCUT2D eigenvalue weighted by molar-refractivity contribution is 6.36. The first kappa shape index (κ1) is 20.6. The molecule has 10 heteroatoms. The number of alkyl halides is 3. The highest BCUT2D eigenvalue weighted by Gasteiger charge is 2.31. The Kier molecular flexibility index (Phi) is 5.62. The molecule has 0 bridgehead atoms. The van der Waals surface area contributed by atoms with Crippen LogP contribution in [-0.4, -0.2) is 22.4 Å². The molecule has 156 valence electrons. The van der Waals surface area contributed by atoms with Gasteiger partial charge < -0.3 is 15.4 Å². The summed E-state index contributed by atoms with van der Waals surface area (Å²) in [6, 6.07) is 12.5. The van der Waals surface area contributed by atoms with E-state index in [4.69, 9.17) is 23.2 Å². The van der Waals surface area contributed by atoms with E-state index in [-0.39, 0.29) is 11.8 Å². The summed E-state index contributed by atoms with van der Waals surface area (Å²) in [5.74, 6) is 0.463. The van der Waals surface area contributed by atoms with Gasteiger partial charge in [0, 0.05) is 22.7 Å². The summed E-state index contributed by atoms with van der Waals surface area (Å²) in [7, 11) is 0. The maximum Gasteiger partial charge on any atom is 0.573 e. The van der Waals surface area contributed by atoms with Crippen LogP contribution in [0.25, 0.3) is 11.3 Å². The molecule has 1 saturated carbocycles. The van der Waals surface area contributed by atoms with Crippen LogP contribution in [0.5, 0.6) is 5.75 Å². The van der Waals surface area contributed by atoms with Gasteiger partial charge in [0.15, 0.2) is 0 Å². The largest absolute Gasteiger partial charge is 0.573 e. The first-order valence-corrected chi connectivity index (χ1v) is 9.75. The maximum atomic E-state index is 12.6. The van der Waals surface area contributed by atoms with E-state index < -0.39 is 6.36 Å². The van der Waals surface area contributed by atoms with Crippen molar-refractivity contribution in [3.8, 4) is 17.0 Å². The van der Waals surface area contributed by atoms with Gasteiger partial charge in [0.1, 0.15) is 11.6 Å². The lowest BCUT2D eigenvalue weighted by Gasteiger charge is -2.13. The van der Waals surface area contributed by atoms with Gasteiger partial charge in [-0.05, 0) is 43.2 Å². The molecule has 0 unspecified atom stereocenters. The number of benzene rings is 2. The highest BCUT2D eigenvalue weighted by atomic mass is 35.5. The number of hydrogen-bond acceptors (Lipinski definition) is 5. The fourth-order valence-corrected chi connectivity index (χ4v) is 3.17. The average molecular weight is 455 g/mol. The van der Waals surface area contributed by atoms with Crippen molar-refractivity contribution in [1.29, 1.82) is 0 Å². The minimum absolute atomic E-state index is 0.284. The second kappa shape index (κ2) is 8.20. The van der Waals surface area contributed by atoms with E-state index in [2.05, 4.69) is 25.3 Å². The summed E-state index contributed by atoms with van der Waals surface area (Å²) in [6.07, 6.45) is -2.76. The zero-order chi connectivity index (χ0) is 21.3. The highest BCUT2D eigenvalue weighted by Crippen LogP contribution is 2.32. The first-order valence-electron chi connectivity index (χ1n) is 8.99. The Morgan fingerprint density at radius 1 is 1.00 bits per heavy atom. The predicted octanol–water partition coefficient (Wildman–Crippen LogP) is 6.67. The Morgan fingerprint density at radius 3 is 2.50 bits per heavy atom. The van der Waals surface area contributed by atoms with Crippen molar-refractivity contribution in [2.24, 2.45) is 0 Å². The molecule has 1 heterocycles. The molecule has 0 atom stereocenters. The number of hydrogen-bond donors (Lipinski definition) is 2. The number of nitrogens with one attached hydrogen (secondary N) is 2. The van der Waals surface area contributed by atoms with Crippen LogP contribution >= 0.6 is 23.2 Å². The smallest absolute Gasteiger partial charge is 0.406 e. The van der Waals surface area contributed by atoms with Gasteiger partial charge in [-0.2, -0.15) is 4.98 Å². The molecule has 1 aliphatic carbocycles. The SMILES string of the molecule is FC(F)(F)Oc1cccc(-c2cc(Nc3ccc(Cl)cc3Cl)nc(NC3CC3)n2)c1. The van der Waals surface area contributed by atoms with Crippen molar-refractivity contribution < 1.29 is 17.9 Å². The van der Waals surface area contributed by atoms with Crippen LogP contribution in [0.15, 0.2) is 48.5 Å². The normalized spacial score (nSPS) is 13.8. The minimum atomic E-state index is -4.78. The number of ether oxygens (including phenoxy) is 1. The number of nitrogens with zero attached hydrogens (tertiary/aromatic N) is 2. The van der Waals surface area contributed by atoms with Crippen LogP contribution in [0.4, 0.5) is 30.6 Å². The summed E-state index contributed by atoms with van der Waals surface area (Å²) in [5.41, 5.74) is 1.45. The van der Waals surface area contributed by atoms with Gasteiger partial charge in [-0.25, -0.2) is 4.98 Å². The third-order valence-electron chi connectivity index (χ3n) is 4.19. The molecular weight excluding hydrogens is 440 g/mol.